The van der Waals surface area contributed by atoms with Crippen molar-refractivity contribution in [1.82, 2.24) is 0 Å². The summed E-state index contributed by atoms with van der Waals surface area (Å²) in [5.74, 6) is 0. The Hall–Kier alpha value is -6.18. The van der Waals surface area contributed by atoms with E-state index in [2.05, 4.69) is 177 Å². The largest absolute Gasteiger partial charge is 0.398 e. The van der Waals surface area contributed by atoms with Crippen molar-refractivity contribution in [1.29, 1.82) is 0 Å². The molecule has 2 N–H and O–H groups in total. The van der Waals surface area contributed by atoms with E-state index in [0.29, 0.717) is 0 Å². The number of anilines is 1. The highest BCUT2D eigenvalue weighted by Gasteiger charge is 2.13. The Labute approximate surface area is 280 Å². The number of rotatable bonds is 4. The molecular weight excluding hydrogens is 579 g/mol. The van der Waals surface area contributed by atoms with Crippen molar-refractivity contribution in [2.75, 3.05) is 5.73 Å². The van der Waals surface area contributed by atoms with E-state index < -0.39 is 0 Å². The van der Waals surface area contributed by atoms with Gasteiger partial charge < -0.3 is 5.73 Å². The summed E-state index contributed by atoms with van der Waals surface area (Å²) < 4.78 is 0. The highest BCUT2D eigenvalue weighted by Crippen LogP contribution is 2.39. The second-order valence-electron chi connectivity index (χ2n) is 12.9. The summed E-state index contributed by atoms with van der Waals surface area (Å²) in [6.07, 6.45) is 0. The van der Waals surface area contributed by atoms with Gasteiger partial charge in [0.05, 0.1) is 0 Å². The molecule has 48 heavy (non-hydrogen) atoms. The molecule has 9 aromatic rings. The molecule has 9 aromatic carbocycles. The number of nitrogen functional groups attached to an aromatic ring is 1. The Morgan fingerprint density at radius 2 is 0.646 bits per heavy atom. The van der Waals surface area contributed by atoms with Crippen LogP contribution in [0.15, 0.2) is 170 Å². The zero-order valence-corrected chi connectivity index (χ0v) is 26.7. The first-order chi connectivity index (χ1) is 23.6. The SMILES string of the molecule is Cc1cc(-c2ccc(-c3cccc4cc5ccccc5cc34)cc2)c(N)c(-c2ccc(-c3cccc4cc5ccccc5cc34)cc2)c1. The molecule has 0 saturated carbocycles. The van der Waals surface area contributed by atoms with Gasteiger partial charge >= 0.3 is 0 Å². The van der Waals surface area contributed by atoms with Gasteiger partial charge in [0, 0.05) is 16.8 Å². The molecular formula is C47H33N. The summed E-state index contributed by atoms with van der Waals surface area (Å²) in [6, 6.07) is 61.6. The van der Waals surface area contributed by atoms with Crippen LogP contribution in [0.3, 0.4) is 0 Å². The van der Waals surface area contributed by atoms with E-state index in [4.69, 9.17) is 5.73 Å². The second kappa shape index (κ2) is 11.3. The van der Waals surface area contributed by atoms with Gasteiger partial charge in [-0.1, -0.05) is 133 Å². The van der Waals surface area contributed by atoms with E-state index in [9.17, 15) is 0 Å². The van der Waals surface area contributed by atoms with E-state index in [1.54, 1.807) is 0 Å². The lowest BCUT2D eigenvalue weighted by atomic mass is 9.91. The van der Waals surface area contributed by atoms with Crippen molar-refractivity contribution < 1.29 is 0 Å². The maximum atomic E-state index is 6.97. The Morgan fingerprint density at radius 1 is 0.312 bits per heavy atom. The summed E-state index contributed by atoms with van der Waals surface area (Å²) >= 11 is 0. The third-order valence-corrected chi connectivity index (χ3v) is 9.83. The van der Waals surface area contributed by atoms with Crippen LogP contribution < -0.4 is 5.73 Å². The quantitative estimate of drug-likeness (QED) is 0.155. The predicted molar refractivity (Wildman–Crippen MR) is 207 cm³/mol. The highest BCUT2D eigenvalue weighted by atomic mass is 14.6. The van der Waals surface area contributed by atoms with Gasteiger partial charge in [0.1, 0.15) is 0 Å². The van der Waals surface area contributed by atoms with Crippen LogP contribution in [0, 0.1) is 6.92 Å². The summed E-state index contributed by atoms with van der Waals surface area (Å²) in [4.78, 5) is 0. The van der Waals surface area contributed by atoms with Gasteiger partial charge in [-0.2, -0.15) is 0 Å². The Balaban J connectivity index is 1.06. The molecule has 0 spiro atoms. The van der Waals surface area contributed by atoms with E-state index in [0.717, 1.165) is 27.9 Å². The van der Waals surface area contributed by atoms with Crippen molar-refractivity contribution >= 4 is 48.8 Å². The van der Waals surface area contributed by atoms with Gasteiger partial charge in [0.2, 0.25) is 0 Å². The lowest BCUT2D eigenvalue weighted by Crippen LogP contribution is -1.96. The molecule has 0 amide bonds. The van der Waals surface area contributed by atoms with Crippen LogP contribution in [0.2, 0.25) is 0 Å². The van der Waals surface area contributed by atoms with Crippen LogP contribution in [-0.4, -0.2) is 0 Å². The Kier molecular flexibility index (Phi) is 6.59. The third kappa shape index (κ3) is 4.80. The summed E-state index contributed by atoms with van der Waals surface area (Å²) in [7, 11) is 0. The highest BCUT2D eigenvalue weighted by molar-refractivity contribution is 6.06. The molecule has 0 heterocycles. The smallest absolute Gasteiger partial charge is 0.0473 e. The maximum Gasteiger partial charge on any atom is 0.0473 e. The van der Waals surface area contributed by atoms with Crippen molar-refractivity contribution in [3.8, 4) is 44.5 Å². The topological polar surface area (TPSA) is 26.0 Å². The van der Waals surface area contributed by atoms with Gasteiger partial charge in [0.15, 0.2) is 0 Å². The predicted octanol–water partition coefficient (Wildman–Crippen LogP) is 12.9. The average molecular weight is 612 g/mol. The molecule has 0 unspecified atom stereocenters. The number of benzene rings is 9. The normalized spacial score (nSPS) is 11.5. The minimum atomic E-state index is 0.800. The molecule has 226 valence electrons. The van der Waals surface area contributed by atoms with Gasteiger partial charge in [-0.05, 0) is 125 Å². The van der Waals surface area contributed by atoms with Crippen molar-refractivity contribution in [3.63, 3.8) is 0 Å². The van der Waals surface area contributed by atoms with Gasteiger partial charge in [-0.3, -0.25) is 0 Å². The molecule has 0 aliphatic heterocycles. The van der Waals surface area contributed by atoms with Gasteiger partial charge in [-0.25, -0.2) is 0 Å². The van der Waals surface area contributed by atoms with Gasteiger partial charge in [-0.15, -0.1) is 0 Å². The molecule has 1 nitrogen and oxygen atoms in total. The molecule has 0 atom stereocenters. The molecule has 1 heteroatoms. The minimum Gasteiger partial charge on any atom is -0.398 e. The first-order valence-corrected chi connectivity index (χ1v) is 16.5. The van der Waals surface area contributed by atoms with Crippen molar-refractivity contribution in [2.45, 2.75) is 6.92 Å². The fraction of sp³-hybridized carbons (Fsp3) is 0.0213. The van der Waals surface area contributed by atoms with Crippen molar-refractivity contribution in [2.24, 2.45) is 0 Å². The third-order valence-electron chi connectivity index (χ3n) is 9.83. The number of aryl methyl sites for hydroxylation is 1. The maximum absolute atomic E-state index is 6.97. The number of nitrogens with two attached hydrogens (primary N) is 1. The zero-order valence-electron chi connectivity index (χ0n) is 26.7. The molecule has 9 rings (SSSR count). The van der Waals surface area contributed by atoms with E-state index in [1.165, 1.54) is 70.9 Å². The fourth-order valence-electron chi connectivity index (χ4n) is 7.37. The van der Waals surface area contributed by atoms with Crippen LogP contribution >= 0.6 is 0 Å². The van der Waals surface area contributed by atoms with Crippen LogP contribution in [0.25, 0.3) is 87.6 Å². The first kappa shape index (κ1) is 28.1. The molecule has 0 aromatic heterocycles. The lowest BCUT2D eigenvalue weighted by molar-refractivity contribution is 1.46. The van der Waals surface area contributed by atoms with Crippen LogP contribution in [-0.2, 0) is 0 Å². The lowest BCUT2D eigenvalue weighted by Gasteiger charge is -2.15. The average Bonchev–Trinajstić information content (AvgIpc) is 3.13. The Morgan fingerprint density at radius 3 is 1.04 bits per heavy atom. The number of hydrogen-bond acceptors (Lipinski definition) is 1. The molecule has 0 aliphatic carbocycles. The first-order valence-electron chi connectivity index (χ1n) is 16.5. The van der Waals surface area contributed by atoms with Gasteiger partial charge in [0.25, 0.3) is 0 Å². The Bertz CT molecular complexity index is 2480. The van der Waals surface area contributed by atoms with Crippen LogP contribution in [0.5, 0.6) is 0 Å². The molecule has 0 aliphatic rings. The molecule has 0 saturated heterocycles. The van der Waals surface area contributed by atoms with E-state index in [-0.39, 0.29) is 0 Å². The number of fused-ring (bicyclic) bond motifs is 4. The standard InChI is InChI=1S/C47H33N/c1-30-24-45(33-20-16-31(17-21-33)41-14-6-12-39-26-35-8-2-4-10-37(35)28-43(39)41)47(48)46(25-30)34-22-18-32(19-23-34)42-15-7-13-40-27-36-9-3-5-11-38(36)29-44(40)42/h2-29H,48H2,1H3. The molecule has 0 bridgehead atoms. The summed E-state index contributed by atoms with van der Waals surface area (Å²) in [6.45, 7) is 2.15. The minimum absolute atomic E-state index is 0.800. The van der Waals surface area contributed by atoms with Crippen molar-refractivity contribution in [3.05, 3.63) is 175 Å². The fourth-order valence-corrected chi connectivity index (χ4v) is 7.37. The van der Waals surface area contributed by atoms with Crippen LogP contribution in [0.4, 0.5) is 5.69 Å². The zero-order chi connectivity index (χ0) is 32.2. The molecule has 0 radical (unpaired) electrons. The van der Waals surface area contributed by atoms with Crippen LogP contribution in [0.1, 0.15) is 5.56 Å². The summed E-state index contributed by atoms with van der Waals surface area (Å²) in [5.41, 5.74) is 18.2. The summed E-state index contributed by atoms with van der Waals surface area (Å²) in [5, 5.41) is 10.1. The second-order valence-corrected chi connectivity index (χ2v) is 12.9. The van der Waals surface area contributed by atoms with E-state index >= 15 is 0 Å². The van der Waals surface area contributed by atoms with E-state index in [1.807, 2.05) is 0 Å². The molecule has 0 fully saturated rings. The number of hydrogen-bond donors (Lipinski definition) is 1. The monoisotopic (exact) mass is 611 g/mol.